The molecule has 3 rings (SSSR count). The SMILES string of the molecule is N/C(=N/O)c1ccc(Sc2nc3ccccc3[nH]2)c(Br)c1. The van der Waals surface area contributed by atoms with Crippen LogP contribution in [0.5, 0.6) is 0 Å². The molecule has 1 heterocycles. The second kappa shape index (κ2) is 5.79. The molecule has 0 radical (unpaired) electrons. The van der Waals surface area contributed by atoms with Crippen LogP contribution in [0.3, 0.4) is 0 Å². The van der Waals surface area contributed by atoms with E-state index in [0.29, 0.717) is 5.56 Å². The highest BCUT2D eigenvalue weighted by Crippen LogP contribution is 2.33. The van der Waals surface area contributed by atoms with Crippen molar-refractivity contribution in [2.75, 3.05) is 0 Å². The molecule has 5 nitrogen and oxygen atoms in total. The van der Waals surface area contributed by atoms with E-state index < -0.39 is 0 Å². The Balaban J connectivity index is 1.91. The predicted octanol–water partition coefficient (Wildman–Crippen LogP) is 3.57. The second-order valence-electron chi connectivity index (χ2n) is 4.29. The van der Waals surface area contributed by atoms with Crippen molar-refractivity contribution in [2.24, 2.45) is 10.9 Å². The number of halogens is 1. The van der Waals surface area contributed by atoms with E-state index in [1.165, 1.54) is 11.8 Å². The number of aromatic nitrogens is 2. The Morgan fingerprint density at radius 1 is 1.29 bits per heavy atom. The first kappa shape index (κ1) is 14.0. The van der Waals surface area contributed by atoms with Crippen molar-refractivity contribution in [2.45, 2.75) is 10.1 Å². The summed E-state index contributed by atoms with van der Waals surface area (Å²) >= 11 is 5.00. The standard InChI is InChI=1S/C14H11BrN4OS/c15-9-7-8(13(16)19-20)5-6-12(9)21-14-17-10-3-1-2-4-11(10)18-14/h1-7,20H,(H2,16,19)(H,17,18). The van der Waals surface area contributed by atoms with Crippen molar-refractivity contribution < 1.29 is 5.21 Å². The molecule has 4 N–H and O–H groups in total. The number of amidine groups is 1. The van der Waals surface area contributed by atoms with Gasteiger partial charge in [0.2, 0.25) is 0 Å². The number of aromatic amines is 1. The molecular formula is C14H11BrN4OS. The summed E-state index contributed by atoms with van der Waals surface area (Å²) in [6, 6.07) is 13.4. The Bertz CT molecular complexity index is 798. The van der Waals surface area contributed by atoms with Crippen LogP contribution in [0.15, 0.2) is 62.1 Å². The lowest BCUT2D eigenvalue weighted by Crippen LogP contribution is -2.12. The Hall–Kier alpha value is -1.99. The molecule has 0 atom stereocenters. The van der Waals surface area contributed by atoms with Crippen LogP contribution in [-0.4, -0.2) is 21.0 Å². The van der Waals surface area contributed by atoms with E-state index in [9.17, 15) is 0 Å². The van der Waals surface area contributed by atoms with Gasteiger partial charge in [0, 0.05) is 14.9 Å². The molecule has 106 valence electrons. The van der Waals surface area contributed by atoms with Crippen molar-refractivity contribution in [3.63, 3.8) is 0 Å². The molecule has 0 bridgehead atoms. The van der Waals surface area contributed by atoms with Gasteiger partial charge in [-0.2, -0.15) is 0 Å². The molecule has 21 heavy (non-hydrogen) atoms. The molecule has 0 amide bonds. The fraction of sp³-hybridized carbons (Fsp3) is 0. The number of hydrogen-bond donors (Lipinski definition) is 3. The summed E-state index contributed by atoms with van der Waals surface area (Å²) < 4.78 is 0.858. The van der Waals surface area contributed by atoms with Crippen LogP contribution in [0.2, 0.25) is 0 Å². The average Bonchev–Trinajstić information content (AvgIpc) is 2.90. The molecule has 0 spiro atoms. The normalized spacial score (nSPS) is 12.0. The first-order valence-electron chi connectivity index (χ1n) is 6.07. The molecular weight excluding hydrogens is 352 g/mol. The third kappa shape index (κ3) is 2.88. The average molecular weight is 363 g/mol. The van der Waals surface area contributed by atoms with Gasteiger partial charge in [0.05, 0.1) is 11.0 Å². The first-order valence-corrected chi connectivity index (χ1v) is 7.68. The Morgan fingerprint density at radius 3 is 2.81 bits per heavy atom. The molecule has 0 saturated heterocycles. The summed E-state index contributed by atoms with van der Waals surface area (Å²) in [6.07, 6.45) is 0. The smallest absolute Gasteiger partial charge is 0.171 e. The topological polar surface area (TPSA) is 87.3 Å². The summed E-state index contributed by atoms with van der Waals surface area (Å²) in [5.41, 5.74) is 8.16. The molecule has 2 aromatic carbocycles. The first-order chi connectivity index (χ1) is 10.2. The van der Waals surface area contributed by atoms with Gasteiger partial charge < -0.3 is 15.9 Å². The minimum atomic E-state index is 0.0796. The van der Waals surface area contributed by atoms with Gasteiger partial charge in [-0.05, 0) is 46.3 Å². The monoisotopic (exact) mass is 362 g/mol. The molecule has 1 aromatic heterocycles. The number of para-hydroxylation sites is 2. The number of benzene rings is 2. The van der Waals surface area contributed by atoms with Gasteiger partial charge >= 0.3 is 0 Å². The molecule has 0 saturated carbocycles. The molecule has 0 aliphatic heterocycles. The minimum absolute atomic E-state index is 0.0796. The summed E-state index contributed by atoms with van der Waals surface area (Å²) in [4.78, 5) is 8.77. The highest BCUT2D eigenvalue weighted by atomic mass is 79.9. The number of H-pyrrole nitrogens is 1. The van der Waals surface area contributed by atoms with Crippen LogP contribution in [0.25, 0.3) is 11.0 Å². The van der Waals surface area contributed by atoms with Crippen LogP contribution >= 0.6 is 27.7 Å². The molecule has 0 aliphatic rings. The minimum Gasteiger partial charge on any atom is -0.409 e. The summed E-state index contributed by atoms with van der Waals surface area (Å²) in [6.45, 7) is 0. The van der Waals surface area contributed by atoms with E-state index >= 15 is 0 Å². The number of nitrogens with one attached hydrogen (secondary N) is 1. The zero-order valence-corrected chi connectivity index (χ0v) is 13.1. The van der Waals surface area contributed by atoms with Gasteiger partial charge in [-0.1, -0.05) is 29.1 Å². The van der Waals surface area contributed by atoms with Crippen LogP contribution in [0.4, 0.5) is 0 Å². The number of nitrogens with zero attached hydrogens (tertiary/aromatic N) is 2. The summed E-state index contributed by atoms with van der Waals surface area (Å²) in [5.74, 6) is 0.0796. The lowest BCUT2D eigenvalue weighted by Gasteiger charge is -2.04. The lowest BCUT2D eigenvalue weighted by molar-refractivity contribution is 0.318. The number of fused-ring (bicyclic) bond motifs is 1. The fourth-order valence-electron chi connectivity index (χ4n) is 1.88. The van der Waals surface area contributed by atoms with E-state index in [0.717, 1.165) is 25.6 Å². The van der Waals surface area contributed by atoms with Gasteiger partial charge in [0.1, 0.15) is 0 Å². The number of hydrogen-bond acceptors (Lipinski definition) is 4. The van der Waals surface area contributed by atoms with Crippen molar-refractivity contribution in [3.8, 4) is 0 Å². The second-order valence-corrected chi connectivity index (χ2v) is 6.18. The van der Waals surface area contributed by atoms with Gasteiger partial charge in [-0.15, -0.1) is 0 Å². The van der Waals surface area contributed by atoms with E-state index in [-0.39, 0.29) is 5.84 Å². The van der Waals surface area contributed by atoms with Gasteiger partial charge in [0.25, 0.3) is 0 Å². The van der Waals surface area contributed by atoms with Gasteiger partial charge in [-0.3, -0.25) is 0 Å². The van der Waals surface area contributed by atoms with Crippen molar-refractivity contribution in [3.05, 3.63) is 52.5 Å². The maximum absolute atomic E-state index is 8.69. The van der Waals surface area contributed by atoms with Gasteiger partial charge in [-0.25, -0.2) is 4.98 Å². The van der Waals surface area contributed by atoms with Gasteiger partial charge in [0.15, 0.2) is 11.0 Å². The Morgan fingerprint density at radius 2 is 2.10 bits per heavy atom. The van der Waals surface area contributed by atoms with Crippen molar-refractivity contribution >= 4 is 44.6 Å². The fourth-order valence-corrected chi connectivity index (χ4v) is 3.31. The van der Waals surface area contributed by atoms with E-state index in [1.54, 1.807) is 12.1 Å². The molecule has 0 fully saturated rings. The van der Waals surface area contributed by atoms with Crippen LogP contribution in [0.1, 0.15) is 5.56 Å². The Labute approximate surface area is 133 Å². The third-order valence-corrected chi connectivity index (χ3v) is 4.79. The van der Waals surface area contributed by atoms with E-state index in [1.807, 2.05) is 30.3 Å². The molecule has 0 unspecified atom stereocenters. The van der Waals surface area contributed by atoms with Crippen LogP contribution in [-0.2, 0) is 0 Å². The van der Waals surface area contributed by atoms with Crippen molar-refractivity contribution in [1.29, 1.82) is 0 Å². The van der Waals surface area contributed by atoms with Crippen LogP contribution in [0, 0.1) is 0 Å². The quantitative estimate of drug-likeness (QED) is 0.287. The highest BCUT2D eigenvalue weighted by molar-refractivity contribution is 9.10. The van der Waals surface area contributed by atoms with E-state index in [2.05, 4.69) is 31.1 Å². The van der Waals surface area contributed by atoms with E-state index in [4.69, 9.17) is 10.9 Å². The highest BCUT2D eigenvalue weighted by Gasteiger charge is 2.09. The molecule has 7 heteroatoms. The molecule has 0 aliphatic carbocycles. The third-order valence-electron chi connectivity index (χ3n) is 2.91. The van der Waals surface area contributed by atoms with Crippen molar-refractivity contribution in [1.82, 2.24) is 9.97 Å². The largest absolute Gasteiger partial charge is 0.409 e. The maximum Gasteiger partial charge on any atom is 0.171 e. The van der Waals surface area contributed by atoms with Crippen LogP contribution < -0.4 is 5.73 Å². The maximum atomic E-state index is 8.69. The lowest BCUT2D eigenvalue weighted by atomic mass is 10.2. The zero-order valence-electron chi connectivity index (χ0n) is 10.7. The zero-order chi connectivity index (χ0) is 14.8. The Kier molecular flexibility index (Phi) is 3.85. The summed E-state index contributed by atoms with van der Waals surface area (Å²) in [5, 5.41) is 12.5. The number of rotatable bonds is 3. The number of oxime groups is 1. The summed E-state index contributed by atoms with van der Waals surface area (Å²) in [7, 11) is 0. The predicted molar refractivity (Wildman–Crippen MR) is 86.9 cm³/mol. The molecule has 3 aromatic rings. The number of nitrogens with two attached hydrogens (primary N) is 1. The number of imidazole rings is 1.